The van der Waals surface area contributed by atoms with Crippen molar-refractivity contribution in [3.63, 3.8) is 0 Å². The van der Waals surface area contributed by atoms with Crippen LogP contribution in [-0.4, -0.2) is 15.0 Å². The summed E-state index contributed by atoms with van der Waals surface area (Å²) in [5.41, 5.74) is 1.89. The number of benzene rings is 1. The van der Waals surface area contributed by atoms with Crippen LogP contribution in [0.25, 0.3) is 0 Å². The topological polar surface area (TPSA) is 41.3 Å². The fourth-order valence-corrected chi connectivity index (χ4v) is 2.72. The summed E-state index contributed by atoms with van der Waals surface area (Å²) in [4.78, 5) is 6.41. The second kappa shape index (κ2) is 8.08. The predicted molar refractivity (Wildman–Crippen MR) is 103 cm³/mol. The first kappa shape index (κ1) is 16.7. The highest BCUT2D eigenvalue weighted by atomic mass is 79.9. The molecular formula is C18H16BrN3OS. The van der Waals surface area contributed by atoms with Gasteiger partial charge in [-0.15, -0.1) is 0 Å². The average Bonchev–Trinajstić information content (AvgIpc) is 3.10. The Morgan fingerprint density at radius 2 is 1.92 bits per heavy atom. The Hall–Kier alpha value is -2.18. The molecule has 0 aliphatic heterocycles. The number of rotatable bonds is 5. The lowest BCUT2D eigenvalue weighted by Gasteiger charge is -2.24. The van der Waals surface area contributed by atoms with Crippen molar-refractivity contribution in [2.45, 2.75) is 13.1 Å². The van der Waals surface area contributed by atoms with E-state index in [0.717, 1.165) is 21.6 Å². The molecule has 0 saturated heterocycles. The number of hydrogen-bond donors (Lipinski definition) is 1. The van der Waals surface area contributed by atoms with Gasteiger partial charge >= 0.3 is 0 Å². The van der Waals surface area contributed by atoms with E-state index < -0.39 is 0 Å². The van der Waals surface area contributed by atoms with Crippen molar-refractivity contribution < 1.29 is 4.42 Å². The molecule has 4 nitrogen and oxygen atoms in total. The lowest BCUT2D eigenvalue weighted by Crippen LogP contribution is -2.34. The van der Waals surface area contributed by atoms with Crippen LogP contribution in [0.1, 0.15) is 11.5 Å². The fourth-order valence-electron chi connectivity index (χ4n) is 2.21. The molecule has 0 saturated carbocycles. The Morgan fingerprint density at radius 1 is 1.08 bits per heavy atom. The van der Waals surface area contributed by atoms with Crippen LogP contribution in [0.4, 0.5) is 5.69 Å². The van der Waals surface area contributed by atoms with Gasteiger partial charge in [0.2, 0.25) is 0 Å². The number of pyridine rings is 1. The molecule has 2 heterocycles. The third-order valence-corrected chi connectivity index (χ3v) is 4.28. The molecule has 0 unspecified atom stereocenters. The number of hydrogen-bond acceptors (Lipinski definition) is 3. The standard InChI is InChI=1S/C18H16BrN3OS/c19-14-6-8-15(9-7-14)21-18(24)22(13-17-5-3-11-23-17)12-16-4-1-2-10-20-16/h1-11H,12-13H2,(H,21,24). The smallest absolute Gasteiger partial charge is 0.174 e. The molecule has 3 aromatic rings. The SMILES string of the molecule is S=C(Nc1ccc(Br)cc1)N(Cc1ccccn1)Cc1ccco1. The van der Waals surface area contributed by atoms with Gasteiger partial charge in [0, 0.05) is 16.4 Å². The first-order valence-corrected chi connectivity index (χ1v) is 8.64. The summed E-state index contributed by atoms with van der Waals surface area (Å²) < 4.78 is 6.49. The van der Waals surface area contributed by atoms with E-state index in [9.17, 15) is 0 Å². The molecule has 2 aromatic heterocycles. The molecule has 0 atom stereocenters. The molecule has 0 amide bonds. The van der Waals surface area contributed by atoms with E-state index in [4.69, 9.17) is 16.6 Å². The fraction of sp³-hybridized carbons (Fsp3) is 0.111. The quantitative estimate of drug-likeness (QED) is 0.619. The number of anilines is 1. The second-order valence-corrected chi connectivity index (χ2v) is 6.50. The summed E-state index contributed by atoms with van der Waals surface area (Å²) >= 11 is 9.03. The zero-order valence-electron chi connectivity index (χ0n) is 12.9. The van der Waals surface area contributed by atoms with Crippen LogP contribution in [0.2, 0.25) is 0 Å². The Balaban J connectivity index is 1.74. The first-order chi connectivity index (χ1) is 11.7. The highest BCUT2D eigenvalue weighted by Crippen LogP contribution is 2.16. The van der Waals surface area contributed by atoms with E-state index >= 15 is 0 Å². The molecule has 0 radical (unpaired) electrons. The predicted octanol–water partition coefficient (Wildman–Crippen LogP) is 4.84. The molecule has 0 bridgehead atoms. The molecule has 0 fully saturated rings. The summed E-state index contributed by atoms with van der Waals surface area (Å²) in [6, 6.07) is 17.6. The summed E-state index contributed by atoms with van der Waals surface area (Å²) in [5.74, 6) is 0.853. The molecule has 0 spiro atoms. The first-order valence-electron chi connectivity index (χ1n) is 7.44. The van der Waals surface area contributed by atoms with Crippen LogP contribution >= 0.6 is 28.1 Å². The molecular weight excluding hydrogens is 386 g/mol. The van der Waals surface area contributed by atoms with Crippen LogP contribution in [-0.2, 0) is 13.1 Å². The molecule has 24 heavy (non-hydrogen) atoms. The van der Waals surface area contributed by atoms with E-state index in [1.165, 1.54) is 0 Å². The lowest BCUT2D eigenvalue weighted by molar-refractivity contribution is 0.357. The van der Waals surface area contributed by atoms with Crippen molar-refractivity contribution in [3.8, 4) is 0 Å². The van der Waals surface area contributed by atoms with E-state index in [-0.39, 0.29) is 0 Å². The van der Waals surface area contributed by atoms with Crippen molar-refractivity contribution in [2.24, 2.45) is 0 Å². The van der Waals surface area contributed by atoms with Gasteiger partial charge in [-0.25, -0.2) is 0 Å². The van der Waals surface area contributed by atoms with Gasteiger partial charge in [-0.3, -0.25) is 4.98 Å². The minimum Gasteiger partial charge on any atom is -0.467 e. The third kappa shape index (κ3) is 4.66. The van der Waals surface area contributed by atoms with E-state index in [2.05, 4.69) is 26.2 Å². The maximum atomic E-state index is 5.60. The highest BCUT2D eigenvalue weighted by molar-refractivity contribution is 9.10. The van der Waals surface area contributed by atoms with Gasteiger partial charge in [-0.1, -0.05) is 22.0 Å². The molecule has 3 rings (SSSR count). The Kier molecular flexibility index (Phi) is 5.61. The van der Waals surface area contributed by atoms with Crippen molar-refractivity contribution in [1.29, 1.82) is 0 Å². The second-order valence-electron chi connectivity index (χ2n) is 5.19. The Bertz CT molecular complexity index is 776. The molecule has 1 N–H and O–H groups in total. The minimum absolute atomic E-state index is 0.575. The lowest BCUT2D eigenvalue weighted by atomic mass is 10.3. The summed E-state index contributed by atoms with van der Waals surface area (Å²) in [7, 11) is 0. The van der Waals surface area contributed by atoms with Crippen molar-refractivity contribution in [3.05, 3.63) is 83.0 Å². The minimum atomic E-state index is 0.575. The summed E-state index contributed by atoms with van der Waals surface area (Å²) in [6.45, 7) is 1.18. The molecule has 6 heteroatoms. The largest absolute Gasteiger partial charge is 0.467 e. The van der Waals surface area contributed by atoms with Crippen LogP contribution < -0.4 is 5.32 Å². The molecule has 0 aliphatic carbocycles. The number of nitrogens with zero attached hydrogens (tertiary/aromatic N) is 2. The maximum Gasteiger partial charge on any atom is 0.174 e. The number of furan rings is 1. The average molecular weight is 402 g/mol. The normalized spacial score (nSPS) is 10.4. The number of nitrogens with one attached hydrogen (secondary N) is 1. The monoisotopic (exact) mass is 401 g/mol. The van der Waals surface area contributed by atoms with Gasteiger partial charge in [-0.2, -0.15) is 0 Å². The number of halogens is 1. The van der Waals surface area contributed by atoms with E-state index in [1.807, 2.05) is 59.5 Å². The van der Waals surface area contributed by atoms with Gasteiger partial charge < -0.3 is 14.6 Å². The Labute approximate surface area is 154 Å². The van der Waals surface area contributed by atoms with Gasteiger partial charge in [0.05, 0.1) is 25.0 Å². The van der Waals surface area contributed by atoms with E-state index in [0.29, 0.717) is 18.2 Å². The molecule has 1 aromatic carbocycles. The molecule has 122 valence electrons. The van der Waals surface area contributed by atoms with Gasteiger partial charge in [-0.05, 0) is 60.7 Å². The summed E-state index contributed by atoms with van der Waals surface area (Å²) in [6.07, 6.45) is 3.45. The van der Waals surface area contributed by atoms with Crippen LogP contribution in [0.15, 0.2) is 75.9 Å². The zero-order valence-corrected chi connectivity index (χ0v) is 15.3. The number of aromatic nitrogens is 1. The Morgan fingerprint density at radius 3 is 2.58 bits per heavy atom. The third-order valence-electron chi connectivity index (χ3n) is 3.39. The van der Waals surface area contributed by atoms with Crippen molar-refractivity contribution in [1.82, 2.24) is 9.88 Å². The van der Waals surface area contributed by atoms with E-state index in [1.54, 1.807) is 12.5 Å². The van der Waals surface area contributed by atoms with Crippen LogP contribution in [0, 0.1) is 0 Å². The number of thiocarbonyl (C=S) groups is 1. The van der Waals surface area contributed by atoms with Gasteiger partial charge in [0.25, 0.3) is 0 Å². The maximum absolute atomic E-state index is 5.60. The van der Waals surface area contributed by atoms with Gasteiger partial charge in [0.1, 0.15) is 5.76 Å². The van der Waals surface area contributed by atoms with Crippen molar-refractivity contribution in [2.75, 3.05) is 5.32 Å². The highest BCUT2D eigenvalue weighted by Gasteiger charge is 2.13. The summed E-state index contributed by atoms with van der Waals surface area (Å²) in [5, 5.41) is 3.89. The van der Waals surface area contributed by atoms with Crippen LogP contribution in [0.3, 0.4) is 0 Å². The van der Waals surface area contributed by atoms with Gasteiger partial charge in [0.15, 0.2) is 5.11 Å². The van der Waals surface area contributed by atoms with Crippen molar-refractivity contribution >= 4 is 38.9 Å². The zero-order chi connectivity index (χ0) is 16.8. The molecule has 0 aliphatic rings. The van der Waals surface area contributed by atoms with Crippen LogP contribution in [0.5, 0.6) is 0 Å².